The molecule has 2 aliphatic rings. The van der Waals surface area contributed by atoms with E-state index in [4.69, 9.17) is 9.15 Å². The highest BCUT2D eigenvalue weighted by atomic mass is 16.5. The van der Waals surface area contributed by atoms with Crippen molar-refractivity contribution >= 4 is 28.8 Å². The van der Waals surface area contributed by atoms with Crippen LogP contribution in [0.1, 0.15) is 48.2 Å². The second-order valence-corrected chi connectivity index (χ2v) is 7.07. The van der Waals surface area contributed by atoms with Crippen LogP contribution in [0.4, 0.5) is 4.79 Å². The van der Waals surface area contributed by atoms with Crippen molar-refractivity contribution in [1.82, 2.24) is 15.8 Å². The first-order valence-corrected chi connectivity index (χ1v) is 9.00. The predicted molar refractivity (Wildman–Crippen MR) is 96.2 cm³/mol. The summed E-state index contributed by atoms with van der Waals surface area (Å²) in [4.78, 5) is 37.8. The number of carbonyl (C=O) groups excluding carboxylic acids is 3. The maximum atomic E-state index is 12.8. The van der Waals surface area contributed by atoms with Gasteiger partial charge in [-0.1, -0.05) is 19.3 Å². The van der Waals surface area contributed by atoms with E-state index in [1.54, 1.807) is 32.2 Å². The Morgan fingerprint density at radius 1 is 1.26 bits per heavy atom. The van der Waals surface area contributed by atoms with E-state index >= 15 is 0 Å². The normalized spacial score (nSPS) is 18.8. The molecule has 1 aromatic heterocycles. The van der Waals surface area contributed by atoms with E-state index in [0.717, 1.165) is 29.7 Å². The molecule has 4 rings (SSSR count). The van der Waals surface area contributed by atoms with Gasteiger partial charge in [0.05, 0.1) is 7.11 Å². The predicted octanol–water partition coefficient (Wildman–Crippen LogP) is 2.65. The zero-order valence-corrected chi connectivity index (χ0v) is 15.3. The average Bonchev–Trinajstić information content (AvgIpc) is 3.12. The lowest BCUT2D eigenvalue weighted by Crippen LogP contribution is -2.51. The van der Waals surface area contributed by atoms with Crippen molar-refractivity contribution in [2.75, 3.05) is 7.11 Å². The van der Waals surface area contributed by atoms with E-state index in [2.05, 4.69) is 10.7 Å². The first-order chi connectivity index (χ1) is 12.9. The molecule has 2 N–H and O–H groups in total. The van der Waals surface area contributed by atoms with Crippen molar-refractivity contribution < 1.29 is 23.5 Å². The summed E-state index contributed by atoms with van der Waals surface area (Å²) in [5.74, 6) is -0.342. The standard InChI is InChI=1S/C19H21N3O5/c1-11-13-10-12(26-2)6-7-14(13)27-15(11)16(23)21-22-17(24)19(20-18(22)25)8-4-3-5-9-19/h6-7,10H,3-5,8-9H2,1-2H3,(H,20,25)(H,21,23). The summed E-state index contributed by atoms with van der Waals surface area (Å²) in [7, 11) is 1.56. The minimum atomic E-state index is -0.890. The number of methoxy groups -OCH3 is 1. The molecule has 2 heterocycles. The van der Waals surface area contributed by atoms with E-state index in [-0.39, 0.29) is 5.76 Å². The highest BCUT2D eigenvalue weighted by Gasteiger charge is 2.52. The number of nitrogens with zero attached hydrogens (tertiary/aromatic N) is 1. The molecule has 1 aliphatic heterocycles. The van der Waals surface area contributed by atoms with Crippen molar-refractivity contribution in [2.24, 2.45) is 0 Å². The van der Waals surface area contributed by atoms with Crippen LogP contribution < -0.4 is 15.5 Å². The van der Waals surface area contributed by atoms with Gasteiger partial charge in [-0.05, 0) is 38.0 Å². The number of urea groups is 1. The number of imide groups is 1. The largest absolute Gasteiger partial charge is 0.497 e. The summed E-state index contributed by atoms with van der Waals surface area (Å²) in [6, 6.07) is 4.61. The second-order valence-electron chi connectivity index (χ2n) is 7.07. The zero-order valence-electron chi connectivity index (χ0n) is 15.3. The Hall–Kier alpha value is -3.03. The van der Waals surface area contributed by atoms with Crippen LogP contribution in [0.25, 0.3) is 11.0 Å². The summed E-state index contributed by atoms with van der Waals surface area (Å²) in [6.45, 7) is 1.74. The number of carbonyl (C=O) groups is 3. The maximum Gasteiger partial charge on any atom is 0.344 e. The van der Waals surface area contributed by atoms with Gasteiger partial charge in [0.15, 0.2) is 5.76 Å². The SMILES string of the molecule is COc1ccc2oc(C(=O)NN3C(=O)NC4(CCCCC4)C3=O)c(C)c2c1. The molecule has 1 saturated carbocycles. The third kappa shape index (κ3) is 2.72. The molecular weight excluding hydrogens is 350 g/mol. The van der Waals surface area contributed by atoms with E-state index in [1.807, 2.05) is 0 Å². The van der Waals surface area contributed by atoms with Crippen LogP contribution in [-0.4, -0.2) is 35.5 Å². The highest BCUT2D eigenvalue weighted by Crippen LogP contribution is 2.33. The molecule has 1 saturated heterocycles. The van der Waals surface area contributed by atoms with E-state index in [1.165, 1.54) is 0 Å². The Balaban J connectivity index is 1.59. The van der Waals surface area contributed by atoms with Crippen molar-refractivity contribution in [3.05, 3.63) is 29.5 Å². The molecule has 0 radical (unpaired) electrons. The van der Waals surface area contributed by atoms with Crippen LogP contribution >= 0.6 is 0 Å². The molecule has 1 spiro atoms. The smallest absolute Gasteiger partial charge is 0.344 e. The van der Waals surface area contributed by atoms with Gasteiger partial charge in [-0.3, -0.25) is 9.59 Å². The number of rotatable bonds is 3. The summed E-state index contributed by atoms with van der Waals surface area (Å²) in [6.07, 6.45) is 3.97. The first kappa shape index (κ1) is 17.4. The van der Waals surface area contributed by atoms with Crippen LogP contribution in [0, 0.1) is 6.92 Å². The molecule has 27 heavy (non-hydrogen) atoms. The van der Waals surface area contributed by atoms with Crippen LogP contribution in [0.5, 0.6) is 5.75 Å². The number of amides is 4. The van der Waals surface area contributed by atoms with Crippen molar-refractivity contribution in [1.29, 1.82) is 0 Å². The van der Waals surface area contributed by atoms with E-state index < -0.39 is 23.4 Å². The second kappa shape index (κ2) is 6.29. The number of furan rings is 1. The number of ether oxygens (including phenoxy) is 1. The van der Waals surface area contributed by atoms with Gasteiger partial charge in [0.25, 0.3) is 5.91 Å². The van der Waals surface area contributed by atoms with Gasteiger partial charge in [0.2, 0.25) is 0 Å². The third-order valence-electron chi connectivity index (χ3n) is 5.43. The summed E-state index contributed by atoms with van der Waals surface area (Å²) >= 11 is 0. The lowest BCUT2D eigenvalue weighted by atomic mass is 9.82. The molecule has 1 aromatic carbocycles. The van der Waals surface area contributed by atoms with E-state index in [9.17, 15) is 14.4 Å². The van der Waals surface area contributed by atoms with Crippen molar-refractivity contribution in [3.8, 4) is 5.75 Å². The van der Waals surface area contributed by atoms with Gasteiger partial charge in [0, 0.05) is 10.9 Å². The number of hydrazine groups is 1. The molecule has 8 nitrogen and oxygen atoms in total. The van der Waals surface area contributed by atoms with Gasteiger partial charge in [0.1, 0.15) is 16.9 Å². The summed E-state index contributed by atoms with van der Waals surface area (Å²) in [5.41, 5.74) is 2.65. The Bertz CT molecular complexity index is 942. The zero-order chi connectivity index (χ0) is 19.2. The molecule has 0 bridgehead atoms. The summed E-state index contributed by atoms with van der Waals surface area (Å²) < 4.78 is 10.8. The molecule has 0 atom stereocenters. The molecule has 1 aliphatic carbocycles. The molecule has 0 unspecified atom stereocenters. The van der Waals surface area contributed by atoms with Crippen LogP contribution in [0.3, 0.4) is 0 Å². The topological polar surface area (TPSA) is 101 Å². The maximum absolute atomic E-state index is 12.8. The van der Waals surface area contributed by atoms with Gasteiger partial charge in [-0.2, -0.15) is 5.01 Å². The van der Waals surface area contributed by atoms with Crippen molar-refractivity contribution in [2.45, 2.75) is 44.6 Å². The Morgan fingerprint density at radius 3 is 2.70 bits per heavy atom. The number of nitrogens with one attached hydrogen (secondary N) is 2. The van der Waals surface area contributed by atoms with Gasteiger partial charge in [-0.25, -0.2) is 10.2 Å². The van der Waals surface area contributed by atoms with Gasteiger partial charge in [-0.15, -0.1) is 0 Å². The number of fused-ring (bicyclic) bond motifs is 1. The third-order valence-corrected chi connectivity index (χ3v) is 5.43. The fourth-order valence-corrected chi connectivity index (χ4v) is 3.91. The number of hydrogen-bond donors (Lipinski definition) is 2. The van der Waals surface area contributed by atoms with Gasteiger partial charge < -0.3 is 14.5 Å². The van der Waals surface area contributed by atoms with Crippen LogP contribution in [0.15, 0.2) is 22.6 Å². The minimum absolute atomic E-state index is 0.0587. The number of benzene rings is 1. The summed E-state index contributed by atoms with van der Waals surface area (Å²) in [5, 5.41) is 4.27. The quantitative estimate of drug-likeness (QED) is 0.808. The van der Waals surface area contributed by atoms with Crippen LogP contribution in [0.2, 0.25) is 0 Å². The molecule has 2 fully saturated rings. The number of hydrogen-bond acceptors (Lipinski definition) is 5. The number of aryl methyl sites for hydroxylation is 1. The molecular formula is C19H21N3O5. The Morgan fingerprint density at radius 2 is 2.00 bits per heavy atom. The fraction of sp³-hybridized carbons (Fsp3) is 0.421. The Kier molecular flexibility index (Phi) is 4.05. The molecule has 4 amide bonds. The monoisotopic (exact) mass is 371 g/mol. The average molecular weight is 371 g/mol. The van der Waals surface area contributed by atoms with E-state index in [0.29, 0.717) is 29.7 Å². The molecule has 142 valence electrons. The van der Waals surface area contributed by atoms with Gasteiger partial charge >= 0.3 is 11.9 Å². The lowest BCUT2D eigenvalue weighted by Gasteiger charge is -2.30. The minimum Gasteiger partial charge on any atom is -0.497 e. The fourth-order valence-electron chi connectivity index (χ4n) is 3.91. The molecule has 8 heteroatoms. The van der Waals surface area contributed by atoms with Crippen molar-refractivity contribution in [3.63, 3.8) is 0 Å². The highest BCUT2D eigenvalue weighted by molar-refractivity contribution is 6.09. The lowest BCUT2D eigenvalue weighted by molar-refractivity contribution is -0.134. The Labute approximate surface area is 155 Å². The van der Waals surface area contributed by atoms with Crippen LogP contribution in [-0.2, 0) is 4.79 Å². The first-order valence-electron chi connectivity index (χ1n) is 9.00. The molecule has 2 aromatic rings.